The molecule has 96 valence electrons. The van der Waals surface area contributed by atoms with E-state index < -0.39 is 10.1 Å². The second-order valence-electron chi connectivity index (χ2n) is 4.39. The van der Waals surface area contributed by atoms with E-state index in [4.69, 9.17) is 9.39 Å². The minimum absolute atomic E-state index is 0.119. The molecule has 5 nitrogen and oxygen atoms in total. The third-order valence-electron chi connectivity index (χ3n) is 1.61. The maximum Gasteiger partial charge on any atom is 0.304 e. The molecule has 1 rings (SSSR count). The molecule has 0 spiro atoms. The molecule has 0 radical (unpaired) electrons. The lowest BCUT2D eigenvalue weighted by Crippen LogP contribution is -2.27. The quantitative estimate of drug-likeness (QED) is 0.652. The molecule has 0 aliphatic rings. The van der Waals surface area contributed by atoms with Crippen molar-refractivity contribution in [1.82, 2.24) is 5.48 Å². The number of thiophene rings is 1. The first-order valence-electron chi connectivity index (χ1n) is 4.80. The van der Waals surface area contributed by atoms with Crippen LogP contribution >= 0.6 is 11.3 Å². The Bertz CT molecular complexity index is 511. The van der Waals surface area contributed by atoms with Crippen LogP contribution in [0.1, 0.15) is 25.6 Å². The van der Waals surface area contributed by atoms with Crippen LogP contribution in [0, 0.1) is 0 Å². The summed E-state index contributed by atoms with van der Waals surface area (Å²) in [6, 6.07) is 2.87. The highest BCUT2D eigenvalue weighted by molar-refractivity contribution is 7.88. The SMILES string of the molecule is C=C(NOC(C)(C)C)c1ccc(S(=O)(=O)O)s1. The molecule has 0 aromatic carbocycles. The fourth-order valence-corrected chi connectivity index (χ4v) is 2.47. The minimum atomic E-state index is -4.15. The third kappa shape index (κ3) is 4.47. The van der Waals surface area contributed by atoms with Crippen molar-refractivity contribution >= 4 is 27.2 Å². The van der Waals surface area contributed by atoms with Crippen LogP contribution in [0.5, 0.6) is 0 Å². The molecule has 2 N–H and O–H groups in total. The summed E-state index contributed by atoms with van der Waals surface area (Å²) < 4.78 is 30.5. The molecule has 1 heterocycles. The highest BCUT2D eigenvalue weighted by atomic mass is 32.3. The molecule has 0 aliphatic heterocycles. The van der Waals surface area contributed by atoms with Gasteiger partial charge in [0.05, 0.1) is 16.2 Å². The Kier molecular flexibility index (Phi) is 3.98. The number of hydroxylamine groups is 1. The molecule has 0 fully saturated rings. The molecule has 17 heavy (non-hydrogen) atoms. The van der Waals surface area contributed by atoms with E-state index in [0.717, 1.165) is 11.3 Å². The lowest BCUT2D eigenvalue weighted by molar-refractivity contribution is -0.0468. The number of rotatable bonds is 4. The van der Waals surface area contributed by atoms with Gasteiger partial charge in [0.15, 0.2) is 0 Å². The van der Waals surface area contributed by atoms with Gasteiger partial charge in [-0.25, -0.2) is 0 Å². The van der Waals surface area contributed by atoms with E-state index in [9.17, 15) is 8.42 Å². The fraction of sp³-hybridized carbons (Fsp3) is 0.400. The van der Waals surface area contributed by atoms with Gasteiger partial charge in [-0.1, -0.05) is 6.58 Å². The van der Waals surface area contributed by atoms with Crippen LogP contribution in [0.4, 0.5) is 0 Å². The van der Waals surface area contributed by atoms with Crippen LogP contribution < -0.4 is 5.48 Å². The van der Waals surface area contributed by atoms with Gasteiger partial charge in [0.2, 0.25) is 0 Å². The standard InChI is InChI=1S/C10H15NO4S2/c1-7(11-15-10(2,3)4)8-5-6-9(16-8)17(12,13)14/h5-6,11H,1H2,2-4H3,(H,12,13,14). The average molecular weight is 277 g/mol. The van der Waals surface area contributed by atoms with Gasteiger partial charge in [0.1, 0.15) is 4.21 Å². The van der Waals surface area contributed by atoms with Crippen molar-refractivity contribution in [2.45, 2.75) is 30.6 Å². The number of nitrogens with one attached hydrogen (secondary N) is 1. The lowest BCUT2D eigenvalue weighted by atomic mass is 10.2. The Morgan fingerprint density at radius 2 is 2.06 bits per heavy atom. The van der Waals surface area contributed by atoms with E-state index in [-0.39, 0.29) is 9.81 Å². The largest absolute Gasteiger partial charge is 0.304 e. The van der Waals surface area contributed by atoms with E-state index in [1.807, 2.05) is 20.8 Å². The van der Waals surface area contributed by atoms with Crippen LogP contribution in [0.15, 0.2) is 22.9 Å². The molecule has 7 heteroatoms. The summed E-state index contributed by atoms with van der Waals surface area (Å²) in [5.41, 5.74) is 2.70. The van der Waals surface area contributed by atoms with Crippen molar-refractivity contribution in [3.05, 3.63) is 23.6 Å². The summed E-state index contributed by atoms with van der Waals surface area (Å²) in [6.07, 6.45) is 0. The molecular formula is C10H15NO4S2. The van der Waals surface area contributed by atoms with E-state index >= 15 is 0 Å². The lowest BCUT2D eigenvalue weighted by Gasteiger charge is -2.20. The Hall–Kier alpha value is -0.890. The van der Waals surface area contributed by atoms with Gasteiger partial charge in [-0.2, -0.15) is 8.42 Å². The minimum Gasteiger partial charge on any atom is -0.281 e. The third-order valence-corrected chi connectivity index (χ3v) is 4.08. The fourth-order valence-electron chi connectivity index (χ4n) is 0.886. The van der Waals surface area contributed by atoms with Crippen LogP contribution in [-0.2, 0) is 15.0 Å². The van der Waals surface area contributed by atoms with Gasteiger partial charge in [-0.3, -0.25) is 14.9 Å². The van der Waals surface area contributed by atoms with Crippen LogP contribution in [0.25, 0.3) is 5.70 Å². The molecule has 0 saturated heterocycles. The van der Waals surface area contributed by atoms with Crippen LogP contribution in [-0.4, -0.2) is 18.6 Å². The second kappa shape index (κ2) is 4.77. The summed E-state index contributed by atoms with van der Waals surface area (Å²) in [7, 11) is -4.15. The Morgan fingerprint density at radius 1 is 1.47 bits per heavy atom. The molecule has 0 aliphatic carbocycles. The average Bonchev–Trinajstić information content (AvgIpc) is 2.60. The van der Waals surface area contributed by atoms with Crippen molar-refractivity contribution in [3.8, 4) is 0 Å². The zero-order valence-electron chi connectivity index (χ0n) is 9.85. The number of hydrogen-bond donors (Lipinski definition) is 2. The van der Waals surface area contributed by atoms with E-state index in [2.05, 4.69) is 12.1 Å². The van der Waals surface area contributed by atoms with Gasteiger partial charge < -0.3 is 0 Å². The van der Waals surface area contributed by atoms with Gasteiger partial charge in [-0.05, 0) is 32.9 Å². The zero-order chi connectivity index (χ0) is 13.3. The predicted octanol–water partition coefficient (Wildman–Crippen LogP) is 2.29. The Morgan fingerprint density at radius 3 is 2.47 bits per heavy atom. The molecule has 0 bridgehead atoms. The summed E-state index contributed by atoms with van der Waals surface area (Å²) in [4.78, 5) is 5.87. The molecule has 0 unspecified atom stereocenters. The monoisotopic (exact) mass is 277 g/mol. The second-order valence-corrected chi connectivity index (χ2v) is 7.12. The predicted molar refractivity (Wildman–Crippen MR) is 67.1 cm³/mol. The number of hydrogen-bond acceptors (Lipinski definition) is 5. The maximum atomic E-state index is 10.9. The first-order chi connectivity index (χ1) is 7.59. The molecule has 0 amide bonds. The molecule has 0 saturated carbocycles. The van der Waals surface area contributed by atoms with Crippen molar-refractivity contribution in [2.75, 3.05) is 0 Å². The normalized spacial score (nSPS) is 12.5. The summed E-state index contributed by atoms with van der Waals surface area (Å²) in [5.74, 6) is 0. The van der Waals surface area contributed by atoms with Gasteiger partial charge in [-0.15, -0.1) is 11.3 Å². The first kappa shape index (κ1) is 14.2. The molecule has 1 aromatic rings. The summed E-state index contributed by atoms with van der Waals surface area (Å²) >= 11 is 0.918. The van der Waals surface area contributed by atoms with E-state index in [1.54, 1.807) is 6.07 Å². The molecule has 0 atom stereocenters. The first-order valence-corrected chi connectivity index (χ1v) is 7.06. The molecule has 1 aromatic heterocycles. The van der Waals surface area contributed by atoms with E-state index in [0.29, 0.717) is 10.6 Å². The highest BCUT2D eigenvalue weighted by Crippen LogP contribution is 2.25. The Balaban J connectivity index is 2.75. The zero-order valence-corrected chi connectivity index (χ0v) is 11.5. The summed E-state index contributed by atoms with van der Waals surface area (Å²) in [5, 5.41) is 0. The van der Waals surface area contributed by atoms with Crippen molar-refractivity contribution < 1.29 is 17.8 Å². The van der Waals surface area contributed by atoms with Gasteiger partial charge in [0, 0.05) is 0 Å². The Labute approximate surface area is 105 Å². The highest BCUT2D eigenvalue weighted by Gasteiger charge is 2.15. The van der Waals surface area contributed by atoms with Gasteiger partial charge >= 0.3 is 10.1 Å². The van der Waals surface area contributed by atoms with Gasteiger partial charge in [0.25, 0.3) is 0 Å². The van der Waals surface area contributed by atoms with Crippen LogP contribution in [0.2, 0.25) is 0 Å². The smallest absolute Gasteiger partial charge is 0.281 e. The van der Waals surface area contributed by atoms with Crippen molar-refractivity contribution in [2.24, 2.45) is 0 Å². The molecular weight excluding hydrogens is 262 g/mol. The maximum absolute atomic E-state index is 10.9. The summed E-state index contributed by atoms with van der Waals surface area (Å²) in [6.45, 7) is 9.32. The van der Waals surface area contributed by atoms with Crippen molar-refractivity contribution in [3.63, 3.8) is 0 Å². The van der Waals surface area contributed by atoms with Crippen LogP contribution in [0.3, 0.4) is 0 Å². The van der Waals surface area contributed by atoms with Crippen molar-refractivity contribution in [1.29, 1.82) is 0 Å². The topological polar surface area (TPSA) is 75.6 Å². The van der Waals surface area contributed by atoms with E-state index in [1.165, 1.54) is 6.07 Å².